The van der Waals surface area contributed by atoms with Gasteiger partial charge in [0.2, 0.25) is 0 Å². The Hall–Kier alpha value is -0.470. The van der Waals surface area contributed by atoms with E-state index in [2.05, 4.69) is 61.3 Å². The Bertz CT molecular complexity index is 434. The molecule has 0 bridgehead atoms. The normalized spacial score (nSPS) is 32.8. The molecule has 21 heavy (non-hydrogen) atoms. The fourth-order valence-electron chi connectivity index (χ4n) is 4.02. The maximum atomic E-state index is 3.96. The second-order valence-corrected chi connectivity index (χ2v) is 8.74. The smallest absolute Gasteiger partial charge is 0.0166 e. The van der Waals surface area contributed by atoms with E-state index < -0.39 is 0 Å². The van der Waals surface area contributed by atoms with Crippen LogP contribution in [0, 0.1) is 5.41 Å². The molecule has 0 spiro atoms. The summed E-state index contributed by atoms with van der Waals surface area (Å²) < 4.78 is 0. The first-order chi connectivity index (χ1) is 10.1. The van der Waals surface area contributed by atoms with Gasteiger partial charge in [0.05, 0.1) is 0 Å². The molecule has 2 aliphatic rings. The largest absolute Gasteiger partial charge is 0.310 e. The van der Waals surface area contributed by atoms with E-state index in [1.165, 1.54) is 43.6 Å². The summed E-state index contributed by atoms with van der Waals surface area (Å²) >= 11 is 2.13. The van der Waals surface area contributed by atoms with Crippen molar-refractivity contribution < 1.29 is 0 Å². The highest BCUT2D eigenvalue weighted by Crippen LogP contribution is 2.36. The Kier molecular flexibility index (Phi) is 4.96. The summed E-state index contributed by atoms with van der Waals surface area (Å²) in [6, 6.07) is 12.6. The van der Waals surface area contributed by atoms with Crippen LogP contribution in [0.4, 0.5) is 0 Å². The van der Waals surface area contributed by atoms with Gasteiger partial charge < -0.3 is 5.32 Å². The summed E-state index contributed by atoms with van der Waals surface area (Å²) in [4.78, 5) is 0. The van der Waals surface area contributed by atoms with Crippen LogP contribution in [0.3, 0.4) is 0 Å². The molecule has 0 radical (unpaired) electrons. The maximum Gasteiger partial charge on any atom is 0.0166 e. The predicted octanol–water partition coefficient (Wildman–Crippen LogP) is 4.83. The molecule has 1 heterocycles. The number of rotatable bonds is 3. The Balaban J connectivity index is 1.48. The number of nitrogens with one attached hydrogen (secondary N) is 1. The van der Waals surface area contributed by atoms with Crippen LogP contribution in [0.15, 0.2) is 30.3 Å². The van der Waals surface area contributed by atoms with Crippen molar-refractivity contribution in [2.75, 3.05) is 11.5 Å². The van der Waals surface area contributed by atoms with Crippen molar-refractivity contribution in [3.8, 4) is 0 Å². The van der Waals surface area contributed by atoms with Gasteiger partial charge in [-0.1, -0.05) is 44.2 Å². The molecule has 0 amide bonds. The van der Waals surface area contributed by atoms with Crippen LogP contribution < -0.4 is 5.32 Å². The average molecular weight is 304 g/mol. The summed E-state index contributed by atoms with van der Waals surface area (Å²) in [5.74, 6) is 3.43. The van der Waals surface area contributed by atoms with Crippen molar-refractivity contribution in [3.63, 3.8) is 0 Å². The van der Waals surface area contributed by atoms with Crippen molar-refractivity contribution >= 4 is 11.8 Å². The molecule has 2 fully saturated rings. The van der Waals surface area contributed by atoms with Crippen molar-refractivity contribution in [1.82, 2.24) is 5.32 Å². The molecule has 1 unspecified atom stereocenters. The van der Waals surface area contributed by atoms with Crippen molar-refractivity contribution in [3.05, 3.63) is 35.9 Å². The van der Waals surface area contributed by atoms with Crippen LogP contribution in [0.2, 0.25) is 0 Å². The van der Waals surface area contributed by atoms with Gasteiger partial charge in [-0.25, -0.2) is 0 Å². The lowest BCUT2D eigenvalue weighted by molar-refractivity contribution is 0.266. The number of thioether (sulfide) groups is 1. The Morgan fingerprint density at radius 2 is 1.71 bits per heavy atom. The second kappa shape index (κ2) is 6.75. The third-order valence-corrected chi connectivity index (χ3v) is 6.70. The zero-order chi connectivity index (χ0) is 14.7. The zero-order valence-electron chi connectivity index (χ0n) is 13.5. The molecule has 1 atom stereocenters. The minimum atomic E-state index is 0.516. The molecule has 1 aliphatic heterocycles. The van der Waals surface area contributed by atoms with Crippen LogP contribution in [-0.4, -0.2) is 23.6 Å². The van der Waals surface area contributed by atoms with Crippen LogP contribution in [0.1, 0.15) is 57.4 Å². The molecule has 116 valence electrons. The highest BCUT2D eigenvalue weighted by Gasteiger charge is 2.30. The van der Waals surface area contributed by atoms with Crippen molar-refractivity contribution in [2.24, 2.45) is 5.41 Å². The molecule has 1 saturated carbocycles. The van der Waals surface area contributed by atoms with Crippen molar-refractivity contribution in [2.45, 2.75) is 64.0 Å². The molecule has 3 rings (SSSR count). The third kappa shape index (κ3) is 4.26. The van der Waals surface area contributed by atoms with Gasteiger partial charge in [0.15, 0.2) is 0 Å². The zero-order valence-corrected chi connectivity index (χ0v) is 14.3. The highest BCUT2D eigenvalue weighted by molar-refractivity contribution is 7.99. The lowest BCUT2D eigenvalue weighted by Crippen LogP contribution is -2.46. The third-order valence-electron chi connectivity index (χ3n) is 5.08. The lowest BCUT2D eigenvalue weighted by Gasteiger charge is -2.39. The van der Waals surface area contributed by atoms with E-state index in [1.54, 1.807) is 5.56 Å². The van der Waals surface area contributed by atoms with Crippen LogP contribution in [0.25, 0.3) is 0 Å². The Morgan fingerprint density at radius 1 is 1.00 bits per heavy atom. The Labute approximate surface area is 134 Å². The summed E-state index contributed by atoms with van der Waals surface area (Å²) in [7, 11) is 0. The molecule has 1 aliphatic carbocycles. The van der Waals surface area contributed by atoms with E-state index in [4.69, 9.17) is 0 Å². The summed E-state index contributed by atoms with van der Waals surface area (Å²) in [5.41, 5.74) is 2.06. The van der Waals surface area contributed by atoms with Crippen molar-refractivity contribution in [1.29, 1.82) is 0 Å². The molecule has 0 aromatic heterocycles. The maximum absolute atomic E-state index is 3.96. The predicted molar refractivity (Wildman–Crippen MR) is 94.1 cm³/mol. The molecule has 1 nitrogen and oxygen atoms in total. The van der Waals surface area contributed by atoms with Gasteiger partial charge in [-0.3, -0.25) is 0 Å². The Morgan fingerprint density at radius 3 is 2.38 bits per heavy atom. The van der Waals surface area contributed by atoms with Gasteiger partial charge in [0.1, 0.15) is 0 Å². The van der Waals surface area contributed by atoms with E-state index in [-0.39, 0.29) is 0 Å². The summed E-state index contributed by atoms with van der Waals surface area (Å²) in [6.45, 7) is 4.83. The van der Waals surface area contributed by atoms with E-state index >= 15 is 0 Å². The number of hydrogen-bond acceptors (Lipinski definition) is 2. The van der Waals surface area contributed by atoms with Gasteiger partial charge >= 0.3 is 0 Å². The molecular weight excluding hydrogens is 274 g/mol. The first-order valence-electron chi connectivity index (χ1n) is 8.51. The highest BCUT2D eigenvalue weighted by atomic mass is 32.2. The molecule has 2 heteroatoms. The topological polar surface area (TPSA) is 12.0 Å². The quantitative estimate of drug-likeness (QED) is 0.858. The molecule has 1 aromatic carbocycles. The summed E-state index contributed by atoms with van der Waals surface area (Å²) in [5, 5.41) is 3.96. The summed E-state index contributed by atoms with van der Waals surface area (Å²) in [6.07, 6.45) is 6.75. The first-order valence-corrected chi connectivity index (χ1v) is 9.67. The van der Waals surface area contributed by atoms with Gasteiger partial charge in [-0.05, 0) is 54.8 Å². The average Bonchev–Trinajstić information content (AvgIpc) is 2.48. The van der Waals surface area contributed by atoms with E-state index in [9.17, 15) is 0 Å². The van der Waals surface area contributed by atoms with E-state index in [0.29, 0.717) is 5.41 Å². The first kappa shape index (κ1) is 15.4. The van der Waals surface area contributed by atoms with E-state index in [1.807, 2.05) is 0 Å². The number of hydrogen-bond donors (Lipinski definition) is 1. The standard InChI is InChI=1S/C19H29NS/c1-19(2)12-18(13-21-14-19)20-17-10-8-16(9-11-17)15-6-4-3-5-7-15/h3-7,16-18,20H,8-14H2,1-2H3. The molecular formula is C19H29NS. The van der Waals surface area contributed by atoms with Gasteiger partial charge in [-0.2, -0.15) is 11.8 Å². The van der Waals surface area contributed by atoms with Crippen LogP contribution in [-0.2, 0) is 0 Å². The molecule has 1 saturated heterocycles. The van der Waals surface area contributed by atoms with E-state index in [0.717, 1.165) is 18.0 Å². The molecule has 1 N–H and O–H groups in total. The van der Waals surface area contributed by atoms with Crippen LogP contribution >= 0.6 is 11.8 Å². The van der Waals surface area contributed by atoms with Gasteiger partial charge in [0, 0.05) is 17.8 Å². The lowest BCUT2D eigenvalue weighted by atomic mass is 9.81. The monoisotopic (exact) mass is 303 g/mol. The fraction of sp³-hybridized carbons (Fsp3) is 0.684. The fourth-order valence-corrected chi connectivity index (χ4v) is 5.31. The minimum absolute atomic E-state index is 0.516. The van der Waals surface area contributed by atoms with Gasteiger partial charge in [-0.15, -0.1) is 0 Å². The van der Waals surface area contributed by atoms with Gasteiger partial charge in [0.25, 0.3) is 0 Å². The van der Waals surface area contributed by atoms with Crippen LogP contribution in [0.5, 0.6) is 0 Å². The SMILES string of the molecule is CC1(C)CSCC(NC2CCC(c3ccccc3)CC2)C1. The molecule has 1 aromatic rings. The number of benzene rings is 1. The second-order valence-electron chi connectivity index (χ2n) is 7.71. The minimum Gasteiger partial charge on any atom is -0.310 e.